The highest BCUT2D eigenvalue weighted by Crippen LogP contribution is 2.60. The summed E-state index contributed by atoms with van der Waals surface area (Å²) >= 11 is 3.45. The fraction of sp³-hybridized carbons (Fsp3) is 0.156. The quantitative estimate of drug-likeness (QED) is 0.213. The van der Waals surface area contributed by atoms with Crippen LogP contribution in [0.15, 0.2) is 107 Å². The molecule has 2 amide bonds. The first-order chi connectivity index (χ1) is 18.6. The Morgan fingerprint density at radius 3 is 1.76 bits per heavy atom. The van der Waals surface area contributed by atoms with Gasteiger partial charge in [-0.2, -0.15) is 10.1 Å². The molecule has 186 valence electrons. The molecule has 0 unspecified atom stereocenters. The second kappa shape index (κ2) is 9.07. The number of para-hydroxylation sites is 1. The lowest BCUT2D eigenvalue weighted by atomic mass is 9.55. The highest BCUT2D eigenvalue weighted by molar-refractivity contribution is 9.10. The molecule has 1 saturated heterocycles. The molecule has 38 heavy (non-hydrogen) atoms. The lowest BCUT2D eigenvalue weighted by Gasteiger charge is -2.45. The number of imide groups is 1. The van der Waals surface area contributed by atoms with Crippen LogP contribution in [0.2, 0.25) is 0 Å². The average Bonchev–Trinajstić information content (AvgIpc) is 3.21. The van der Waals surface area contributed by atoms with Crippen LogP contribution in [0.4, 0.5) is 0 Å². The fourth-order valence-electron chi connectivity index (χ4n) is 6.36. The van der Waals surface area contributed by atoms with Gasteiger partial charge in [0.2, 0.25) is 0 Å². The van der Waals surface area contributed by atoms with Crippen molar-refractivity contribution < 1.29 is 14.3 Å². The van der Waals surface area contributed by atoms with E-state index in [0.717, 1.165) is 37.3 Å². The molecule has 2 atom stereocenters. The zero-order chi connectivity index (χ0) is 25.8. The molecule has 0 aromatic heterocycles. The van der Waals surface area contributed by atoms with Gasteiger partial charge in [-0.25, -0.2) is 0 Å². The lowest BCUT2D eigenvalue weighted by Crippen LogP contribution is -2.41. The van der Waals surface area contributed by atoms with Crippen molar-refractivity contribution in [2.24, 2.45) is 16.9 Å². The monoisotopic (exact) mass is 562 g/mol. The number of ether oxygens (including phenoxy) is 1. The van der Waals surface area contributed by atoms with Gasteiger partial charge in [-0.15, -0.1) is 0 Å². The SMILES string of the molecule is O=C1[C@H]2C3c4ccccc4C(c4ccccc43)[C@@H]2C(=O)N1/N=C\c1ccccc1OCc1ccc(Br)cc1. The van der Waals surface area contributed by atoms with Crippen molar-refractivity contribution in [1.29, 1.82) is 0 Å². The molecule has 1 fully saturated rings. The highest BCUT2D eigenvalue weighted by Gasteiger charge is 2.61. The Labute approximate surface area is 228 Å². The second-order valence-electron chi connectivity index (χ2n) is 9.95. The predicted octanol–water partition coefficient (Wildman–Crippen LogP) is 6.25. The van der Waals surface area contributed by atoms with Crippen LogP contribution in [0, 0.1) is 11.8 Å². The Morgan fingerprint density at radius 2 is 1.21 bits per heavy atom. The molecule has 4 aromatic carbocycles. The van der Waals surface area contributed by atoms with Gasteiger partial charge in [0.1, 0.15) is 12.4 Å². The number of hydrazone groups is 1. The molecule has 5 nitrogen and oxygen atoms in total. The zero-order valence-corrected chi connectivity index (χ0v) is 21.9. The maximum atomic E-state index is 13.8. The van der Waals surface area contributed by atoms with Crippen LogP contribution in [0.3, 0.4) is 0 Å². The highest BCUT2D eigenvalue weighted by atomic mass is 79.9. The van der Waals surface area contributed by atoms with E-state index in [4.69, 9.17) is 4.74 Å². The summed E-state index contributed by atoms with van der Waals surface area (Å²) in [6, 6.07) is 31.9. The smallest absolute Gasteiger partial charge is 0.254 e. The average molecular weight is 563 g/mol. The number of halogens is 1. The predicted molar refractivity (Wildman–Crippen MR) is 148 cm³/mol. The molecule has 2 bridgehead atoms. The Balaban J connectivity index is 1.19. The van der Waals surface area contributed by atoms with Crippen LogP contribution in [0.5, 0.6) is 5.75 Å². The van der Waals surface area contributed by atoms with Crippen LogP contribution < -0.4 is 4.74 Å². The van der Waals surface area contributed by atoms with Gasteiger partial charge in [-0.3, -0.25) is 9.59 Å². The van der Waals surface area contributed by atoms with Gasteiger partial charge in [0, 0.05) is 21.9 Å². The van der Waals surface area contributed by atoms with E-state index >= 15 is 0 Å². The summed E-state index contributed by atoms with van der Waals surface area (Å²) in [6.45, 7) is 0.393. The summed E-state index contributed by atoms with van der Waals surface area (Å²) in [7, 11) is 0. The minimum atomic E-state index is -0.446. The molecular weight excluding hydrogens is 540 g/mol. The Bertz CT molecular complexity index is 1500. The van der Waals surface area contributed by atoms with Gasteiger partial charge in [0.15, 0.2) is 0 Å². The van der Waals surface area contributed by atoms with E-state index < -0.39 is 11.8 Å². The van der Waals surface area contributed by atoms with E-state index in [9.17, 15) is 9.59 Å². The number of nitrogens with zero attached hydrogens (tertiary/aromatic N) is 2. The molecule has 4 aromatic rings. The molecule has 0 N–H and O–H groups in total. The largest absolute Gasteiger partial charge is 0.488 e. The van der Waals surface area contributed by atoms with Crippen molar-refractivity contribution in [3.8, 4) is 5.75 Å². The lowest BCUT2D eigenvalue weighted by molar-refractivity contribution is -0.139. The van der Waals surface area contributed by atoms with Crippen molar-refractivity contribution in [3.05, 3.63) is 135 Å². The van der Waals surface area contributed by atoms with Crippen LogP contribution in [0.25, 0.3) is 0 Å². The van der Waals surface area contributed by atoms with Crippen molar-refractivity contribution >= 4 is 34.0 Å². The van der Waals surface area contributed by atoms with E-state index in [-0.39, 0.29) is 23.7 Å². The fourth-order valence-corrected chi connectivity index (χ4v) is 6.62. The molecule has 8 rings (SSSR count). The van der Waals surface area contributed by atoms with E-state index in [0.29, 0.717) is 17.9 Å². The van der Waals surface area contributed by atoms with Crippen LogP contribution >= 0.6 is 15.9 Å². The molecular formula is C32H23BrN2O3. The van der Waals surface area contributed by atoms with Crippen molar-refractivity contribution in [2.75, 3.05) is 0 Å². The summed E-state index contributed by atoms with van der Waals surface area (Å²) in [6.07, 6.45) is 1.56. The van der Waals surface area contributed by atoms with Crippen LogP contribution in [-0.4, -0.2) is 23.0 Å². The molecule has 1 heterocycles. The summed E-state index contributed by atoms with van der Waals surface area (Å²) < 4.78 is 7.07. The molecule has 0 saturated carbocycles. The van der Waals surface area contributed by atoms with E-state index in [2.05, 4.69) is 45.3 Å². The maximum absolute atomic E-state index is 13.8. The molecule has 4 aliphatic rings. The second-order valence-corrected chi connectivity index (χ2v) is 10.9. The van der Waals surface area contributed by atoms with E-state index in [1.807, 2.05) is 72.8 Å². The normalized spacial score (nSPS) is 22.9. The van der Waals surface area contributed by atoms with Crippen molar-refractivity contribution in [2.45, 2.75) is 18.4 Å². The third-order valence-corrected chi connectivity index (χ3v) is 8.49. The first-order valence-corrected chi connectivity index (χ1v) is 13.5. The standard InChI is InChI=1S/C32H23BrN2O3/c33-21-15-13-19(14-16-21)18-38-26-12-6-1-7-20(26)17-34-35-31(36)29-27-22-8-2-3-9-23(22)28(30(29)32(35)37)25-11-5-4-10-24(25)27/h1-17,27-30H,18H2/b34-17-/t27?,28?,29-,30-/m0/s1. The number of hydrogen-bond acceptors (Lipinski definition) is 4. The van der Waals surface area contributed by atoms with E-state index in [1.54, 1.807) is 6.21 Å². The number of carbonyl (C=O) groups excluding carboxylic acids is 2. The molecule has 3 aliphatic carbocycles. The molecule has 1 aliphatic heterocycles. The number of carbonyl (C=O) groups is 2. The number of benzene rings is 4. The Hall–Kier alpha value is -4.03. The first kappa shape index (κ1) is 23.1. The molecule has 0 spiro atoms. The van der Waals surface area contributed by atoms with Crippen molar-refractivity contribution in [3.63, 3.8) is 0 Å². The third kappa shape index (κ3) is 3.55. The van der Waals surface area contributed by atoms with Gasteiger partial charge in [-0.1, -0.05) is 88.7 Å². The topological polar surface area (TPSA) is 59.0 Å². The Kier molecular flexibility index (Phi) is 5.51. The number of hydrogen-bond donors (Lipinski definition) is 0. The van der Waals surface area contributed by atoms with Crippen molar-refractivity contribution in [1.82, 2.24) is 5.01 Å². The zero-order valence-electron chi connectivity index (χ0n) is 20.3. The number of amides is 2. The van der Waals surface area contributed by atoms with Crippen LogP contribution in [0.1, 0.15) is 45.2 Å². The maximum Gasteiger partial charge on any atom is 0.254 e. The number of rotatable bonds is 5. The first-order valence-electron chi connectivity index (χ1n) is 12.7. The van der Waals surface area contributed by atoms with Gasteiger partial charge in [0.25, 0.3) is 11.8 Å². The summed E-state index contributed by atoms with van der Waals surface area (Å²) in [5, 5.41) is 5.55. The van der Waals surface area contributed by atoms with Gasteiger partial charge >= 0.3 is 0 Å². The molecule has 0 radical (unpaired) electrons. The Morgan fingerprint density at radius 1 is 0.711 bits per heavy atom. The summed E-state index contributed by atoms with van der Waals surface area (Å²) in [5.41, 5.74) is 6.33. The van der Waals surface area contributed by atoms with Gasteiger partial charge in [0.05, 0.1) is 18.1 Å². The van der Waals surface area contributed by atoms with Gasteiger partial charge in [-0.05, 0) is 52.1 Å². The minimum Gasteiger partial charge on any atom is -0.488 e. The minimum absolute atomic E-state index is 0.143. The van der Waals surface area contributed by atoms with Crippen LogP contribution in [-0.2, 0) is 16.2 Å². The molecule has 6 heteroatoms. The third-order valence-electron chi connectivity index (χ3n) is 7.96. The summed E-state index contributed by atoms with van der Waals surface area (Å²) in [4.78, 5) is 27.5. The van der Waals surface area contributed by atoms with E-state index in [1.165, 1.54) is 0 Å². The summed E-state index contributed by atoms with van der Waals surface area (Å²) in [5.74, 6) is -1.01. The van der Waals surface area contributed by atoms with Gasteiger partial charge < -0.3 is 4.74 Å².